The Morgan fingerprint density at radius 3 is 2.89 bits per heavy atom. The molecule has 1 aromatic heterocycles. The summed E-state index contributed by atoms with van der Waals surface area (Å²) in [6, 6.07) is 0. The number of imidazole rings is 1. The van der Waals surface area contributed by atoms with E-state index in [9.17, 15) is 13.5 Å². The SMILES string of the molecule is O=S1(=O)CCCC1Cc1cn2c(n1)C(CO)CCC2. The summed E-state index contributed by atoms with van der Waals surface area (Å²) in [6.07, 6.45) is 6.06. The van der Waals surface area contributed by atoms with Gasteiger partial charge in [-0.15, -0.1) is 0 Å². The molecule has 3 rings (SSSR count). The maximum Gasteiger partial charge on any atom is 0.153 e. The van der Waals surface area contributed by atoms with E-state index in [-0.39, 0.29) is 17.8 Å². The van der Waals surface area contributed by atoms with Gasteiger partial charge in [-0.05, 0) is 25.7 Å². The summed E-state index contributed by atoms with van der Waals surface area (Å²) >= 11 is 0. The molecule has 3 heterocycles. The van der Waals surface area contributed by atoms with Gasteiger partial charge in [0.05, 0.1) is 23.3 Å². The topological polar surface area (TPSA) is 72.2 Å². The van der Waals surface area contributed by atoms with E-state index in [4.69, 9.17) is 0 Å². The molecule has 6 heteroatoms. The van der Waals surface area contributed by atoms with Gasteiger partial charge < -0.3 is 9.67 Å². The highest BCUT2D eigenvalue weighted by molar-refractivity contribution is 7.92. The highest BCUT2D eigenvalue weighted by atomic mass is 32.2. The zero-order valence-electron chi connectivity index (χ0n) is 11.0. The number of aliphatic hydroxyl groups is 1. The third kappa shape index (κ3) is 2.43. The van der Waals surface area contributed by atoms with Crippen molar-refractivity contribution in [3.05, 3.63) is 17.7 Å². The zero-order chi connectivity index (χ0) is 13.5. The van der Waals surface area contributed by atoms with Gasteiger partial charge in [-0.2, -0.15) is 0 Å². The number of aromatic nitrogens is 2. The first-order valence-corrected chi connectivity index (χ1v) is 8.70. The van der Waals surface area contributed by atoms with E-state index < -0.39 is 9.84 Å². The van der Waals surface area contributed by atoms with E-state index in [0.717, 1.165) is 43.7 Å². The molecular weight excluding hydrogens is 264 g/mol. The van der Waals surface area contributed by atoms with Crippen LogP contribution in [0.5, 0.6) is 0 Å². The molecule has 19 heavy (non-hydrogen) atoms. The number of nitrogens with zero attached hydrogens (tertiary/aromatic N) is 2. The Hall–Kier alpha value is -0.880. The van der Waals surface area contributed by atoms with Crippen molar-refractivity contribution in [3.8, 4) is 0 Å². The third-order valence-electron chi connectivity index (χ3n) is 4.29. The molecule has 1 N–H and O–H groups in total. The summed E-state index contributed by atoms with van der Waals surface area (Å²) in [5, 5.41) is 9.11. The van der Waals surface area contributed by atoms with E-state index >= 15 is 0 Å². The second-order valence-electron chi connectivity index (χ2n) is 5.64. The first-order valence-electron chi connectivity index (χ1n) is 6.98. The molecule has 0 bridgehead atoms. The van der Waals surface area contributed by atoms with Crippen LogP contribution in [0.1, 0.15) is 43.1 Å². The summed E-state index contributed by atoms with van der Waals surface area (Å²) in [4.78, 5) is 4.57. The van der Waals surface area contributed by atoms with Crippen LogP contribution < -0.4 is 0 Å². The van der Waals surface area contributed by atoms with Crippen LogP contribution in [0.2, 0.25) is 0 Å². The van der Waals surface area contributed by atoms with Crippen molar-refractivity contribution in [1.29, 1.82) is 0 Å². The van der Waals surface area contributed by atoms with Crippen molar-refractivity contribution >= 4 is 9.84 Å². The Kier molecular flexibility index (Phi) is 3.39. The number of aryl methyl sites for hydroxylation is 1. The van der Waals surface area contributed by atoms with Crippen molar-refractivity contribution in [2.75, 3.05) is 12.4 Å². The fourth-order valence-electron chi connectivity index (χ4n) is 3.22. The van der Waals surface area contributed by atoms with E-state index in [2.05, 4.69) is 9.55 Å². The van der Waals surface area contributed by atoms with E-state index in [0.29, 0.717) is 12.2 Å². The quantitative estimate of drug-likeness (QED) is 0.894. The summed E-state index contributed by atoms with van der Waals surface area (Å²) < 4.78 is 25.8. The van der Waals surface area contributed by atoms with Crippen LogP contribution in [0, 0.1) is 0 Å². The Morgan fingerprint density at radius 1 is 1.37 bits per heavy atom. The number of aliphatic hydroxyl groups excluding tert-OH is 1. The molecule has 1 fully saturated rings. The normalized spacial score (nSPS) is 29.3. The predicted octanol–water partition coefficient (Wildman–Crippen LogP) is 0.872. The molecule has 1 aromatic rings. The van der Waals surface area contributed by atoms with Crippen molar-refractivity contribution < 1.29 is 13.5 Å². The molecule has 2 aliphatic rings. The Morgan fingerprint density at radius 2 is 2.21 bits per heavy atom. The van der Waals surface area contributed by atoms with Crippen molar-refractivity contribution in [1.82, 2.24) is 9.55 Å². The second-order valence-corrected chi connectivity index (χ2v) is 8.04. The van der Waals surface area contributed by atoms with Crippen LogP contribution >= 0.6 is 0 Å². The van der Waals surface area contributed by atoms with Gasteiger partial charge in [0.1, 0.15) is 5.82 Å². The van der Waals surface area contributed by atoms with Gasteiger partial charge in [0.2, 0.25) is 0 Å². The van der Waals surface area contributed by atoms with Crippen molar-refractivity contribution in [3.63, 3.8) is 0 Å². The molecule has 0 aliphatic carbocycles. The number of hydrogen-bond acceptors (Lipinski definition) is 4. The zero-order valence-corrected chi connectivity index (χ0v) is 11.8. The van der Waals surface area contributed by atoms with Gasteiger partial charge >= 0.3 is 0 Å². The molecular formula is C13H20N2O3S. The van der Waals surface area contributed by atoms with Gasteiger partial charge in [0, 0.05) is 25.1 Å². The third-order valence-corrected chi connectivity index (χ3v) is 6.57. The molecule has 106 valence electrons. The molecule has 0 spiro atoms. The molecule has 0 saturated carbocycles. The van der Waals surface area contributed by atoms with E-state index in [1.165, 1.54) is 0 Å². The maximum atomic E-state index is 11.9. The van der Waals surface area contributed by atoms with Gasteiger partial charge in [-0.3, -0.25) is 0 Å². The van der Waals surface area contributed by atoms with Gasteiger partial charge in [-0.25, -0.2) is 13.4 Å². The van der Waals surface area contributed by atoms with Crippen molar-refractivity contribution in [2.24, 2.45) is 0 Å². The summed E-state index contributed by atoms with van der Waals surface area (Å²) in [6.45, 7) is 1.05. The van der Waals surface area contributed by atoms with Crippen LogP contribution in [-0.4, -0.2) is 40.7 Å². The Bertz CT molecular complexity index is 564. The maximum absolute atomic E-state index is 11.9. The fraction of sp³-hybridized carbons (Fsp3) is 0.769. The number of hydrogen-bond donors (Lipinski definition) is 1. The highest BCUT2D eigenvalue weighted by Crippen LogP contribution is 2.28. The lowest BCUT2D eigenvalue weighted by atomic mass is 10.0. The smallest absolute Gasteiger partial charge is 0.153 e. The standard InChI is InChI=1S/C13H20N2O3S/c16-9-10-3-1-5-15-8-11(14-13(10)15)7-12-4-2-6-19(12,17)18/h8,10,12,16H,1-7,9H2. The first-order chi connectivity index (χ1) is 9.10. The minimum absolute atomic E-state index is 0.114. The molecule has 1 saturated heterocycles. The Labute approximate surface area is 113 Å². The van der Waals surface area contributed by atoms with Gasteiger partial charge in [0.15, 0.2) is 9.84 Å². The van der Waals surface area contributed by atoms with Crippen LogP contribution in [0.3, 0.4) is 0 Å². The lowest BCUT2D eigenvalue weighted by molar-refractivity contribution is 0.238. The largest absolute Gasteiger partial charge is 0.396 e. The molecule has 2 unspecified atom stereocenters. The molecule has 2 atom stereocenters. The average Bonchev–Trinajstić information content (AvgIpc) is 2.92. The second kappa shape index (κ2) is 4.90. The van der Waals surface area contributed by atoms with Crippen LogP contribution in [0.15, 0.2) is 6.20 Å². The lowest BCUT2D eigenvalue weighted by Gasteiger charge is -2.21. The van der Waals surface area contributed by atoms with Crippen LogP contribution in [-0.2, 0) is 22.8 Å². The van der Waals surface area contributed by atoms with E-state index in [1.54, 1.807) is 0 Å². The molecule has 2 aliphatic heterocycles. The van der Waals surface area contributed by atoms with Crippen molar-refractivity contribution in [2.45, 2.75) is 49.8 Å². The Balaban J connectivity index is 1.81. The summed E-state index contributed by atoms with van der Waals surface area (Å²) in [5.41, 5.74) is 0.867. The predicted molar refractivity (Wildman–Crippen MR) is 71.8 cm³/mol. The minimum atomic E-state index is -2.90. The lowest BCUT2D eigenvalue weighted by Crippen LogP contribution is -2.19. The number of fused-ring (bicyclic) bond motifs is 1. The summed E-state index contributed by atoms with van der Waals surface area (Å²) in [5.74, 6) is 1.37. The fourth-order valence-corrected chi connectivity index (χ4v) is 5.07. The van der Waals surface area contributed by atoms with E-state index in [1.807, 2.05) is 6.20 Å². The molecule has 5 nitrogen and oxygen atoms in total. The number of rotatable bonds is 3. The van der Waals surface area contributed by atoms with Crippen LogP contribution in [0.25, 0.3) is 0 Å². The van der Waals surface area contributed by atoms with Gasteiger partial charge in [-0.1, -0.05) is 0 Å². The molecule has 0 amide bonds. The van der Waals surface area contributed by atoms with Crippen LogP contribution in [0.4, 0.5) is 0 Å². The minimum Gasteiger partial charge on any atom is -0.396 e. The monoisotopic (exact) mass is 284 g/mol. The molecule has 0 radical (unpaired) electrons. The van der Waals surface area contributed by atoms with Gasteiger partial charge in [0.25, 0.3) is 0 Å². The summed E-state index contributed by atoms with van der Waals surface area (Å²) in [7, 11) is -2.90. The first kappa shape index (κ1) is 13.1. The number of sulfone groups is 1. The highest BCUT2D eigenvalue weighted by Gasteiger charge is 2.32. The molecule has 0 aromatic carbocycles. The average molecular weight is 284 g/mol.